The van der Waals surface area contributed by atoms with Crippen molar-refractivity contribution in [3.63, 3.8) is 0 Å². The number of carbonyl (C=O) groups is 1. The van der Waals surface area contributed by atoms with Crippen LogP contribution in [0.3, 0.4) is 0 Å². The molecule has 1 rings (SSSR count). The van der Waals surface area contributed by atoms with E-state index in [1.165, 1.54) is 7.11 Å². The molecule has 0 saturated heterocycles. The number of carbonyl (C=O) groups excluding carboxylic acids is 1. The fourth-order valence-corrected chi connectivity index (χ4v) is 1.74. The molecule has 2 N–H and O–H groups in total. The van der Waals surface area contributed by atoms with Gasteiger partial charge in [0, 0.05) is 5.38 Å². The highest BCUT2D eigenvalue weighted by Gasteiger charge is 2.13. The van der Waals surface area contributed by atoms with Gasteiger partial charge >= 0.3 is 5.97 Å². The lowest BCUT2D eigenvalue weighted by Gasteiger charge is -2.06. The first-order valence-electron chi connectivity index (χ1n) is 4.38. The molecule has 5 heteroatoms. The largest absolute Gasteiger partial charge is 0.468 e. The maximum Gasteiger partial charge on any atom is 0.322 e. The Labute approximate surface area is 87.1 Å². The van der Waals surface area contributed by atoms with Crippen LogP contribution in [0.1, 0.15) is 17.1 Å². The minimum absolute atomic E-state index is 0.364. The van der Waals surface area contributed by atoms with E-state index in [4.69, 9.17) is 5.73 Å². The van der Waals surface area contributed by atoms with Crippen molar-refractivity contribution in [2.45, 2.75) is 25.8 Å². The van der Waals surface area contributed by atoms with Gasteiger partial charge in [0.2, 0.25) is 0 Å². The highest BCUT2D eigenvalue weighted by molar-refractivity contribution is 7.09. The molecule has 0 bridgehead atoms. The maximum atomic E-state index is 11.0. The average Bonchev–Trinajstić information content (AvgIpc) is 2.59. The van der Waals surface area contributed by atoms with Crippen LogP contribution >= 0.6 is 11.3 Å². The lowest BCUT2D eigenvalue weighted by molar-refractivity contribution is -0.142. The minimum atomic E-state index is -0.540. The van der Waals surface area contributed by atoms with E-state index in [-0.39, 0.29) is 5.97 Å². The first-order chi connectivity index (χ1) is 6.63. The molecule has 1 heterocycles. The quantitative estimate of drug-likeness (QED) is 0.756. The summed E-state index contributed by atoms with van der Waals surface area (Å²) in [7, 11) is 1.34. The number of aromatic nitrogens is 1. The smallest absolute Gasteiger partial charge is 0.322 e. The van der Waals surface area contributed by atoms with Crippen molar-refractivity contribution in [3.8, 4) is 0 Å². The van der Waals surface area contributed by atoms with Crippen LogP contribution < -0.4 is 5.73 Å². The normalized spacial score (nSPS) is 12.5. The Morgan fingerprint density at radius 1 is 1.79 bits per heavy atom. The van der Waals surface area contributed by atoms with E-state index in [0.717, 1.165) is 17.1 Å². The van der Waals surface area contributed by atoms with Crippen LogP contribution in [0.2, 0.25) is 0 Å². The second-order valence-electron chi connectivity index (χ2n) is 3.03. The van der Waals surface area contributed by atoms with Crippen LogP contribution in [0.5, 0.6) is 0 Å². The van der Waals surface area contributed by atoms with Crippen molar-refractivity contribution in [2.75, 3.05) is 7.11 Å². The molecule has 0 aliphatic carbocycles. The number of methoxy groups -OCH3 is 1. The van der Waals surface area contributed by atoms with Gasteiger partial charge in [-0.05, 0) is 19.8 Å². The van der Waals surface area contributed by atoms with Gasteiger partial charge in [-0.15, -0.1) is 11.3 Å². The third kappa shape index (κ3) is 3.08. The first kappa shape index (κ1) is 11.1. The second-order valence-corrected chi connectivity index (χ2v) is 4.09. The van der Waals surface area contributed by atoms with E-state index >= 15 is 0 Å². The lowest BCUT2D eigenvalue weighted by Crippen LogP contribution is -2.31. The molecule has 0 amide bonds. The number of hydrogen-bond donors (Lipinski definition) is 1. The van der Waals surface area contributed by atoms with Crippen molar-refractivity contribution in [1.29, 1.82) is 0 Å². The summed E-state index contributed by atoms with van der Waals surface area (Å²) < 4.78 is 4.52. The summed E-state index contributed by atoms with van der Waals surface area (Å²) in [5.74, 6) is -0.364. The lowest BCUT2D eigenvalue weighted by atomic mass is 10.1. The van der Waals surface area contributed by atoms with Gasteiger partial charge in [-0.25, -0.2) is 4.98 Å². The Morgan fingerprint density at radius 3 is 3.00 bits per heavy atom. The fraction of sp³-hybridized carbons (Fsp3) is 0.556. The monoisotopic (exact) mass is 214 g/mol. The molecule has 1 aromatic heterocycles. The zero-order valence-corrected chi connectivity index (χ0v) is 9.13. The summed E-state index contributed by atoms with van der Waals surface area (Å²) in [4.78, 5) is 15.3. The van der Waals surface area contributed by atoms with E-state index in [0.29, 0.717) is 6.42 Å². The molecule has 1 atom stereocenters. The molecular weight excluding hydrogens is 200 g/mol. The molecule has 0 fully saturated rings. The number of rotatable bonds is 4. The maximum absolute atomic E-state index is 11.0. The van der Waals surface area contributed by atoms with Gasteiger partial charge in [-0.2, -0.15) is 0 Å². The van der Waals surface area contributed by atoms with E-state index < -0.39 is 6.04 Å². The Balaban J connectivity index is 2.37. The molecule has 0 radical (unpaired) electrons. The molecule has 14 heavy (non-hydrogen) atoms. The van der Waals surface area contributed by atoms with Gasteiger partial charge in [0.1, 0.15) is 6.04 Å². The summed E-state index contributed by atoms with van der Waals surface area (Å²) in [6.07, 6.45) is 1.30. The van der Waals surface area contributed by atoms with E-state index in [1.54, 1.807) is 11.3 Å². The molecule has 0 saturated carbocycles. The standard InChI is InChI=1S/C9H14N2O2S/c1-6-11-7(5-14-6)3-4-8(10)9(12)13-2/h5,8H,3-4,10H2,1-2H3. The summed E-state index contributed by atoms with van der Waals surface area (Å²) in [5, 5.41) is 3.02. The fourth-order valence-electron chi connectivity index (χ4n) is 1.10. The Kier molecular flexibility index (Phi) is 4.03. The van der Waals surface area contributed by atoms with Crippen LogP contribution in [-0.4, -0.2) is 24.1 Å². The van der Waals surface area contributed by atoms with Gasteiger partial charge in [-0.1, -0.05) is 0 Å². The number of hydrogen-bond acceptors (Lipinski definition) is 5. The molecule has 0 aromatic carbocycles. The number of esters is 1. The molecule has 1 aromatic rings. The minimum Gasteiger partial charge on any atom is -0.468 e. The van der Waals surface area contributed by atoms with Crippen LogP contribution in [-0.2, 0) is 16.0 Å². The van der Waals surface area contributed by atoms with Crippen molar-refractivity contribution < 1.29 is 9.53 Å². The third-order valence-electron chi connectivity index (χ3n) is 1.88. The Morgan fingerprint density at radius 2 is 2.50 bits per heavy atom. The zero-order valence-electron chi connectivity index (χ0n) is 8.32. The Bertz CT molecular complexity index is 312. The number of aryl methyl sites for hydroxylation is 2. The summed E-state index contributed by atoms with van der Waals surface area (Å²) >= 11 is 1.60. The van der Waals surface area contributed by atoms with Crippen molar-refractivity contribution in [1.82, 2.24) is 4.98 Å². The predicted octanol–water partition coefficient (Wildman–Crippen LogP) is 0.884. The summed E-state index contributed by atoms with van der Waals surface area (Å²) in [6.45, 7) is 1.95. The summed E-state index contributed by atoms with van der Waals surface area (Å²) in [5.41, 5.74) is 6.58. The SMILES string of the molecule is COC(=O)C(N)CCc1csc(C)n1. The van der Waals surface area contributed by atoms with Gasteiger partial charge in [-0.3, -0.25) is 4.79 Å². The van der Waals surface area contributed by atoms with Gasteiger partial charge in [0.25, 0.3) is 0 Å². The molecular formula is C9H14N2O2S. The van der Waals surface area contributed by atoms with E-state index in [1.807, 2.05) is 12.3 Å². The third-order valence-corrected chi connectivity index (χ3v) is 2.70. The molecule has 78 valence electrons. The van der Waals surface area contributed by atoms with Gasteiger partial charge in [0.15, 0.2) is 0 Å². The molecule has 4 nitrogen and oxygen atoms in total. The second kappa shape index (κ2) is 5.07. The first-order valence-corrected chi connectivity index (χ1v) is 5.26. The Hall–Kier alpha value is -0.940. The van der Waals surface area contributed by atoms with Crippen molar-refractivity contribution in [3.05, 3.63) is 16.1 Å². The predicted molar refractivity (Wildman–Crippen MR) is 55.2 cm³/mol. The van der Waals surface area contributed by atoms with Crippen LogP contribution in [0, 0.1) is 6.92 Å². The number of nitrogens with zero attached hydrogens (tertiary/aromatic N) is 1. The number of ether oxygens (including phenoxy) is 1. The highest BCUT2D eigenvalue weighted by atomic mass is 32.1. The van der Waals surface area contributed by atoms with Crippen molar-refractivity contribution in [2.24, 2.45) is 5.73 Å². The van der Waals surface area contributed by atoms with Crippen LogP contribution in [0.4, 0.5) is 0 Å². The molecule has 0 aliphatic heterocycles. The molecule has 1 unspecified atom stereocenters. The summed E-state index contributed by atoms with van der Waals surface area (Å²) in [6, 6.07) is -0.540. The van der Waals surface area contributed by atoms with Crippen LogP contribution in [0.15, 0.2) is 5.38 Å². The van der Waals surface area contributed by atoms with Gasteiger partial charge < -0.3 is 10.5 Å². The van der Waals surface area contributed by atoms with Crippen molar-refractivity contribution >= 4 is 17.3 Å². The van der Waals surface area contributed by atoms with Crippen LogP contribution in [0.25, 0.3) is 0 Å². The number of nitrogens with two attached hydrogens (primary N) is 1. The zero-order chi connectivity index (χ0) is 10.6. The highest BCUT2D eigenvalue weighted by Crippen LogP contribution is 2.10. The topological polar surface area (TPSA) is 65.2 Å². The van der Waals surface area contributed by atoms with E-state index in [9.17, 15) is 4.79 Å². The molecule has 0 aliphatic rings. The number of thiazole rings is 1. The average molecular weight is 214 g/mol. The molecule has 0 spiro atoms. The van der Waals surface area contributed by atoms with E-state index in [2.05, 4.69) is 9.72 Å². The van der Waals surface area contributed by atoms with Gasteiger partial charge in [0.05, 0.1) is 17.8 Å².